The summed E-state index contributed by atoms with van der Waals surface area (Å²) in [5, 5.41) is 5.79. The second kappa shape index (κ2) is 5.22. The molecular formula is C14H8ClNS2. The van der Waals surface area contributed by atoms with Crippen molar-refractivity contribution in [1.29, 1.82) is 0 Å². The summed E-state index contributed by atoms with van der Waals surface area (Å²) in [6.45, 7) is 0. The van der Waals surface area contributed by atoms with Crippen molar-refractivity contribution >= 4 is 34.3 Å². The molecule has 4 heteroatoms. The van der Waals surface area contributed by atoms with E-state index in [0.29, 0.717) is 0 Å². The summed E-state index contributed by atoms with van der Waals surface area (Å²) in [5.41, 5.74) is 1.97. The Morgan fingerprint density at radius 1 is 1.06 bits per heavy atom. The molecule has 1 nitrogen and oxygen atoms in total. The first-order chi connectivity index (χ1) is 8.81. The largest absolute Gasteiger partial charge is 0.240 e. The molecule has 2 aromatic heterocycles. The first-order valence-electron chi connectivity index (χ1n) is 5.33. The third-order valence-electron chi connectivity index (χ3n) is 2.37. The summed E-state index contributed by atoms with van der Waals surface area (Å²) in [6, 6.07) is 11.8. The van der Waals surface area contributed by atoms with Gasteiger partial charge in [0.25, 0.3) is 0 Å². The molecule has 88 valence electrons. The van der Waals surface area contributed by atoms with Gasteiger partial charge in [-0.05, 0) is 23.6 Å². The molecule has 0 saturated heterocycles. The van der Waals surface area contributed by atoms with Crippen LogP contribution in [0.4, 0.5) is 0 Å². The van der Waals surface area contributed by atoms with Crippen LogP contribution < -0.4 is 0 Å². The molecule has 18 heavy (non-hydrogen) atoms. The number of aromatic nitrogens is 1. The molecule has 0 spiro atoms. The highest BCUT2D eigenvalue weighted by molar-refractivity contribution is 7.13. The lowest BCUT2D eigenvalue weighted by molar-refractivity contribution is 1.30. The van der Waals surface area contributed by atoms with E-state index in [1.807, 2.05) is 47.2 Å². The lowest BCUT2D eigenvalue weighted by atomic mass is 10.2. The van der Waals surface area contributed by atoms with Crippen LogP contribution >= 0.6 is 34.3 Å². The first kappa shape index (κ1) is 11.9. The van der Waals surface area contributed by atoms with Crippen molar-refractivity contribution < 1.29 is 0 Å². The molecule has 0 fully saturated rings. The Morgan fingerprint density at radius 2 is 1.89 bits per heavy atom. The third kappa shape index (κ3) is 2.64. The van der Waals surface area contributed by atoms with Gasteiger partial charge in [-0.2, -0.15) is 0 Å². The van der Waals surface area contributed by atoms with Gasteiger partial charge in [-0.25, -0.2) is 4.98 Å². The molecule has 0 aliphatic heterocycles. The average molecular weight is 290 g/mol. The van der Waals surface area contributed by atoms with Crippen LogP contribution in [0, 0.1) is 6.42 Å². The lowest BCUT2D eigenvalue weighted by Crippen LogP contribution is -1.82. The van der Waals surface area contributed by atoms with E-state index < -0.39 is 0 Å². The van der Waals surface area contributed by atoms with Crippen molar-refractivity contribution in [1.82, 2.24) is 4.98 Å². The third-order valence-corrected chi connectivity index (χ3v) is 4.30. The van der Waals surface area contributed by atoms with Crippen LogP contribution in [0.5, 0.6) is 0 Å². The van der Waals surface area contributed by atoms with Gasteiger partial charge in [0.05, 0.1) is 12.1 Å². The zero-order valence-electron chi connectivity index (χ0n) is 9.26. The minimum absolute atomic E-state index is 0.743. The minimum Gasteiger partial charge on any atom is -0.240 e. The van der Waals surface area contributed by atoms with E-state index in [-0.39, 0.29) is 0 Å². The summed E-state index contributed by atoms with van der Waals surface area (Å²) in [7, 11) is 0. The van der Waals surface area contributed by atoms with E-state index in [0.717, 1.165) is 26.2 Å². The SMILES string of the molecule is Clc1ccc(-c2nc([C]c3cccs3)cs2)cc1. The normalized spacial score (nSPS) is 10.7. The molecule has 2 radical (unpaired) electrons. The molecule has 0 atom stereocenters. The topological polar surface area (TPSA) is 12.9 Å². The fourth-order valence-corrected chi connectivity index (χ4v) is 3.04. The van der Waals surface area contributed by atoms with Crippen LogP contribution in [0.3, 0.4) is 0 Å². The van der Waals surface area contributed by atoms with Crippen LogP contribution in [0.15, 0.2) is 47.2 Å². The van der Waals surface area contributed by atoms with E-state index >= 15 is 0 Å². The molecule has 0 bridgehead atoms. The molecule has 3 aromatic rings. The van der Waals surface area contributed by atoms with Crippen molar-refractivity contribution in [3.05, 3.63) is 69.2 Å². The standard InChI is InChI=1S/C14H8ClNS2/c15-11-5-3-10(4-6-11)14-16-12(9-18-14)8-13-2-1-7-17-13/h1-7,9H. The van der Waals surface area contributed by atoms with Crippen LogP contribution in [0.1, 0.15) is 10.6 Å². The van der Waals surface area contributed by atoms with Gasteiger partial charge >= 0.3 is 0 Å². The van der Waals surface area contributed by atoms with E-state index in [9.17, 15) is 0 Å². The predicted molar refractivity (Wildman–Crippen MR) is 78.3 cm³/mol. The Kier molecular flexibility index (Phi) is 3.46. The molecule has 0 N–H and O–H groups in total. The van der Waals surface area contributed by atoms with E-state index in [1.54, 1.807) is 22.7 Å². The quantitative estimate of drug-likeness (QED) is 0.661. The summed E-state index contributed by atoms with van der Waals surface area (Å²) in [6.07, 6.45) is 3.28. The first-order valence-corrected chi connectivity index (χ1v) is 7.47. The smallest absolute Gasteiger partial charge is 0.123 e. The van der Waals surface area contributed by atoms with Gasteiger partial charge in [0.2, 0.25) is 0 Å². The van der Waals surface area contributed by atoms with Gasteiger partial charge in [0, 0.05) is 20.8 Å². The van der Waals surface area contributed by atoms with Crippen molar-refractivity contribution in [3.63, 3.8) is 0 Å². The summed E-state index contributed by atoms with van der Waals surface area (Å²) < 4.78 is 0. The van der Waals surface area contributed by atoms with Gasteiger partial charge in [-0.15, -0.1) is 22.7 Å². The van der Waals surface area contributed by atoms with Crippen LogP contribution in [-0.4, -0.2) is 4.98 Å². The Hall–Kier alpha value is -1.16. The number of hydrogen-bond acceptors (Lipinski definition) is 3. The number of nitrogens with zero attached hydrogens (tertiary/aromatic N) is 1. The van der Waals surface area contributed by atoms with Crippen molar-refractivity contribution in [3.8, 4) is 10.6 Å². The lowest BCUT2D eigenvalue weighted by Gasteiger charge is -1.95. The van der Waals surface area contributed by atoms with Gasteiger partial charge in [0.15, 0.2) is 0 Å². The number of thiophene rings is 1. The number of halogens is 1. The highest BCUT2D eigenvalue weighted by Crippen LogP contribution is 2.27. The van der Waals surface area contributed by atoms with Crippen molar-refractivity contribution in [2.45, 2.75) is 0 Å². The number of hydrogen-bond donors (Lipinski definition) is 0. The number of rotatable bonds is 3. The Morgan fingerprint density at radius 3 is 2.61 bits per heavy atom. The summed E-state index contributed by atoms with van der Waals surface area (Å²) >= 11 is 9.15. The molecule has 1 aromatic carbocycles. The second-order valence-corrected chi connectivity index (χ2v) is 5.89. The minimum atomic E-state index is 0.743. The maximum atomic E-state index is 5.87. The Balaban J connectivity index is 1.83. The molecular weight excluding hydrogens is 282 g/mol. The predicted octanol–water partition coefficient (Wildman–Crippen LogP) is 5.00. The summed E-state index contributed by atoms with van der Waals surface area (Å²) in [4.78, 5) is 5.66. The maximum Gasteiger partial charge on any atom is 0.123 e. The van der Waals surface area contributed by atoms with E-state index in [1.165, 1.54) is 0 Å². The highest BCUT2D eigenvalue weighted by atomic mass is 35.5. The molecule has 0 saturated carbocycles. The van der Waals surface area contributed by atoms with Crippen LogP contribution in [0.2, 0.25) is 5.02 Å². The average Bonchev–Trinajstić information content (AvgIpc) is 3.02. The Labute approximate surface area is 119 Å². The molecule has 0 aliphatic carbocycles. The van der Waals surface area contributed by atoms with Crippen LogP contribution in [-0.2, 0) is 0 Å². The van der Waals surface area contributed by atoms with E-state index in [4.69, 9.17) is 11.6 Å². The van der Waals surface area contributed by atoms with Gasteiger partial charge in [0.1, 0.15) is 5.01 Å². The monoisotopic (exact) mass is 289 g/mol. The van der Waals surface area contributed by atoms with Crippen LogP contribution in [0.25, 0.3) is 10.6 Å². The molecule has 0 unspecified atom stereocenters. The highest BCUT2D eigenvalue weighted by Gasteiger charge is 2.06. The molecule has 2 heterocycles. The van der Waals surface area contributed by atoms with E-state index in [2.05, 4.69) is 11.4 Å². The zero-order chi connectivity index (χ0) is 12.4. The van der Waals surface area contributed by atoms with Gasteiger partial charge in [-0.3, -0.25) is 0 Å². The maximum absolute atomic E-state index is 5.87. The summed E-state index contributed by atoms with van der Waals surface area (Å²) in [5.74, 6) is 0. The molecule has 3 rings (SSSR count). The fourth-order valence-electron chi connectivity index (χ4n) is 1.53. The fraction of sp³-hybridized carbons (Fsp3) is 0. The van der Waals surface area contributed by atoms with Crippen molar-refractivity contribution in [2.75, 3.05) is 0 Å². The molecule has 0 amide bonds. The number of thiazole rings is 1. The second-order valence-electron chi connectivity index (χ2n) is 3.65. The van der Waals surface area contributed by atoms with Gasteiger partial charge < -0.3 is 0 Å². The Bertz CT molecular complexity index is 626. The zero-order valence-corrected chi connectivity index (χ0v) is 11.6. The van der Waals surface area contributed by atoms with Gasteiger partial charge in [-0.1, -0.05) is 29.8 Å². The number of benzene rings is 1. The molecule has 0 aliphatic rings. The van der Waals surface area contributed by atoms with Crippen molar-refractivity contribution in [2.24, 2.45) is 0 Å².